The number of halogens is 2. The lowest BCUT2D eigenvalue weighted by atomic mass is 10.0. The van der Waals surface area contributed by atoms with Gasteiger partial charge >= 0.3 is 0 Å². The van der Waals surface area contributed by atoms with E-state index in [1.165, 1.54) is 5.56 Å². The molecular formula is C11H15Cl2NO. The van der Waals surface area contributed by atoms with Crippen molar-refractivity contribution in [1.82, 2.24) is 0 Å². The van der Waals surface area contributed by atoms with Crippen molar-refractivity contribution >= 4 is 24.0 Å². The zero-order valence-corrected chi connectivity index (χ0v) is 10.4. The van der Waals surface area contributed by atoms with Crippen molar-refractivity contribution in [3.63, 3.8) is 0 Å². The van der Waals surface area contributed by atoms with Gasteiger partial charge in [-0.3, -0.25) is 0 Å². The fourth-order valence-corrected chi connectivity index (χ4v) is 2.07. The first-order chi connectivity index (χ1) is 6.63. The van der Waals surface area contributed by atoms with E-state index >= 15 is 0 Å². The van der Waals surface area contributed by atoms with E-state index in [4.69, 9.17) is 22.1 Å². The van der Waals surface area contributed by atoms with Crippen LogP contribution in [-0.4, -0.2) is 12.6 Å². The molecule has 2 N–H and O–H groups in total. The largest absolute Gasteiger partial charge is 0.488 e. The lowest BCUT2D eigenvalue weighted by molar-refractivity contribution is 0.241. The summed E-state index contributed by atoms with van der Waals surface area (Å²) < 4.78 is 5.69. The number of fused-ring (bicyclic) bond motifs is 1. The summed E-state index contributed by atoms with van der Waals surface area (Å²) in [7, 11) is 0. The van der Waals surface area contributed by atoms with Crippen molar-refractivity contribution < 1.29 is 4.74 Å². The van der Waals surface area contributed by atoms with Gasteiger partial charge in [-0.2, -0.15) is 0 Å². The van der Waals surface area contributed by atoms with Crippen molar-refractivity contribution in [3.8, 4) is 5.75 Å². The van der Waals surface area contributed by atoms with Gasteiger partial charge in [0.25, 0.3) is 0 Å². The van der Waals surface area contributed by atoms with Gasteiger partial charge in [0, 0.05) is 23.6 Å². The van der Waals surface area contributed by atoms with Crippen LogP contribution < -0.4 is 10.5 Å². The van der Waals surface area contributed by atoms with Crippen molar-refractivity contribution in [2.24, 2.45) is 5.73 Å². The molecule has 0 fully saturated rings. The van der Waals surface area contributed by atoms with Gasteiger partial charge in [-0.15, -0.1) is 12.4 Å². The van der Waals surface area contributed by atoms with Gasteiger partial charge in [0.15, 0.2) is 0 Å². The van der Waals surface area contributed by atoms with Crippen LogP contribution in [0, 0.1) is 13.8 Å². The van der Waals surface area contributed by atoms with E-state index in [9.17, 15) is 0 Å². The minimum Gasteiger partial charge on any atom is -0.488 e. The molecule has 0 amide bonds. The Balaban J connectivity index is 0.00000112. The van der Waals surface area contributed by atoms with Crippen LogP contribution in [0.4, 0.5) is 0 Å². The quantitative estimate of drug-likeness (QED) is 0.829. The fraction of sp³-hybridized carbons (Fsp3) is 0.455. The average molecular weight is 248 g/mol. The smallest absolute Gasteiger partial charge is 0.123 e. The first-order valence-corrected chi connectivity index (χ1v) is 5.16. The van der Waals surface area contributed by atoms with Crippen molar-refractivity contribution in [3.05, 3.63) is 27.8 Å². The highest BCUT2D eigenvalue weighted by Crippen LogP contribution is 2.36. The lowest BCUT2D eigenvalue weighted by Crippen LogP contribution is -2.24. The number of aryl methyl sites for hydroxylation is 1. The van der Waals surface area contributed by atoms with Crippen LogP contribution in [-0.2, 0) is 6.42 Å². The molecule has 15 heavy (non-hydrogen) atoms. The SMILES string of the molecule is Cc1cc2c(c(C)c1Cl)CC(CN)O2.Cl. The summed E-state index contributed by atoms with van der Waals surface area (Å²) in [5, 5.41) is 0.852. The second-order valence-electron chi connectivity index (χ2n) is 3.79. The summed E-state index contributed by atoms with van der Waals surface area (Å²) in [4.78, 5) is 0. The lowest BCUT2D eigenvalue weighted by Gasteiger charge is -2.08. The molecule has 0 saturated heterocycles. The van der Waals surface area contributed by atoms with Crippen LogP contribution >= 0.6 is 24.0 Å². The summed E-state index contributed by atoms with van der Waals surface area (Å²) >= 11 is 6.17. The van der Waals surface area contributed by atoms with Crippen LogP contribution in [0.5, 0.6) is 5.75 Å². The number of nitrogens with two attached hydrogens (primary N) is 1. The van der Waals surface area contributed by atoms with Gasteiger partial charge in [-0.25, -0.2) is 0 Å². The Labute approximate surface area is 101 Å². The average Bonchev–Trinajstić information content (AvgIpc) is 2.57. The normalized spacial score (nSPS) is 18.0. The Hall–Kier alpha value is -0.440. The molecule has 0 radical (unpaired) electrons. The van der Waals surface area contributed by atoms with E-state index in [-0.39, 0.29) is 18.5 Å². The van der Waals surface area contributed by atoms with Gasteiger partial charge in [0.1, 0.15) is 11.9 Å². The summed E-state index contributed by atoms with van der Waals surface area (Å²) in [6.45, 7) is 4.59. The molecule has 0 bridgehead atoms. The molecule has 2 nitrogen and oxygen atoms in total. The molecule has 1 heterocycles. The van der Waals surface area contributed by atoms with Crippen molar-refractivity contribution in [1.29, 1.82) is 0 Å². The van der Waals surface area contributed by atoms with E-state index in [1.807, 2.05) is 19.9 Å². The topological polar surface area (TPSA) is 35.2 Å². The molecule has 1 aromatic rings. The fourth-order valence-electron chi connectivity index (χ4n) is 1.90. The summed E-state index contributed by atoms with van der Waals surface area (Å²) in [6, 6.07) is 2.00. The van der Waals surface area contributed by atoms with Crippen LogP contribution in [0.25, 0.3) is 0 Å². The van der Waals surface area contributed by atoms with Gasteiger partial charge in [-0.1, -0.05) is 11.6 Å². The second-order valence-corrected chi connectivity index (χ2v) is 4.17. The maximum atomic E-state index is 6.17. The van der Waals surface area contributed by atoms with Crippen LogP contribution in [0.1, 0.15) is 16.7 Å². The highest BCUT2D eigenvalue weighted by molar-refractivity contribution is 6.32. The molecule has 0 saturated carbocycles. The Kier molecular flexibility index (Phi) is 3.87. The van der Waals surface area contributed by atoms with Crippen LogP contribution in [0.15, 0.2) is 6.07 Å². The maximum Gasteiger partial charge on any atom is 0.123 e. The third kappa shape index (κ3) is 2.07. The highest BCUT2D eigenvalue weighted by Gasteiger charge is 2.24. The Bertz CT molecular complexity index is 379. The van der Waals surface area contributed by atoms with E-state index in [1.54, 1.807) is 0 Å². The molecule has 84 valence electrons. The summed E-state index contributed by atoms with van der Waals surface area (Å²) in [5.74, 6) is 0.958. The third-order valence-corrected chi connectivity index (χ3v) is 3.34. The minimum atomic E-state index is 0. The van der Waals surface area contributed by atoms with Gasteiger partial charge in [0.05, 0.1) is 0 Å². The number of hydrogen-bond donors (Lipinski definition) is 1. The van der Waals surface area contributed by atoms with E-state index in [0.717, 1.165) is 28.3 Å². The first kappa shape index (κ1) is 12.6. The predicted octanol–water partition coefficient (Wildman–Crippen LogP) is 2.64. The second kappa shape index (κ2) is 4.60. The predicted molar refractivity (Wildman–Crippen MR) is 65.3 cm³/mol. The highest BCUT2D eigenvalue weighted by atomic mass is 35.5. The molecule has 1 aromatic carbocycles. The van der Waals surface area contributed by atoms with E-state index < -0.39 is 0 Å². The zero-order chi connectivity index (χ0) is 10.3. The Morgan fingerprint density at radius 3 is 2.80 bits per heavy atom. The molecule has 1 aliphatic heterocycles. The molecule has 1 aliphatic rings. The number of benzene rings is 1. The molecule has 1 atom stereocenters. The maximum absolute atomic E-state index is 6.17. The summed E-state index contributed by atoms with van der Waals surface area (Å²) in [5.41, 5.74) is 9.01. The van der Waals surface area contributed by atoms with Crippen LogP contribution in [0.3, 0.4) is 0 Å². The van der Waals surface area contributed by atoms with E-state index in [0.29, 0.717) is 6.54 Å². The molecule has 0 spiro atoms. The molecule has 1 unspecified atom stereocenters. The standard InChI is InChI=1S/C11H14ClNO.ClH/c1-6-3-10-9(7(2)11(6)12)4-8(5-13)14-10;/h3,8H,4-5,13H2,1-2H3;1H. The molecule has 4 heteroatoms. The van der Waals surface area contributed by atoms with Crippen molar-refractivity contribution in [2.45, 2.75) is 26.4 Å². The van der Waals surface area contributed by atoms with E-state index in [2.05, 4.69) is 0 Å². The zero-order valence-electron chi connectivity index (χ0n) is 8.84. The first-order valence-electron chi connectivity index (χ1n) is 4.78. The van der Waals surface area contributed by atoms with Gasteiger partial charge in [0.2, 0.25) is 0 Å². The molecule has 2 rings (SSSR count). The molecular weight excluding hydrogens is 233 g/mol. The van der Waals surface area contributed by atoms with Gasteiger partial charge in [-0.05, 0) is 31.0 Å². The summed E-state index contributed by atoms with van der Waals surface area (Å²) in [6.07, 6.45) is 1.01. The van der Waals surface area contributed by atoms with Crippen LogP contribution in [0.2, 0.25) is 5.02 Å². The number of ether oxygens (including phenoxy) is 1. The Morgan fingerprint density at radius 1 is 1.53 bits per heavy atom. The number of rotatable bonds is 1. The minimum absolute atomic E-state index is 0. The monoisotopic (exact) mass is 247 g/mol. The number of hydrogen-bond acceptors (Lipinski definition) is 2. The molecule has 0 aromatic heterocycles. The van der Waals surface area contributed by atoms with Gasteiger partial charge < -0.3 is 10.5 Å². The Morgan fingerprint density at radius 2 is 2.20 bits per heavy atom. The van der Waals surface area contributed by atoms with Crippen molar-refractivity contribution in [2.75, 3.05) is 6.54 Å². The molecule has 0 aliphatic carbocycles. The third-order valence-electron chi connectivity index (χ3n) is 2.76.